The molecule has 0 aliphatic carbocycles. The first-order chi connectivity index (χ1) is 11.8. The fourth-order valence-corrected chi connectivity index (χ4v) is 2.52. The Morgan fingerprint density at radius 2 is 1.12 bits per heavy atom. The van der Waals surface area contributed by atoms with Crippen LogP contribution < -0.4 is 9.47 Å². The molecule has 3 aromatic rings. The van der Waals surface area contributed by atoms with Gasteiger partial charge in [0.1, 0.15) is 23.0 Å². The molecule has 3 aromatic carbocycles. The predicted molar refractivity (Wildman–Crippen MR) is 98.1 cm³/mol. The Hall–Kier alpha value is -2.74. The zero-order chi connectivity index (χ0) is 16.6. The summed E-state index contributed by atoms with van der Waals surface area (Å²) in [6.45, 7) is 2.20. The van der Waals surface area contributed by atoms with E-state index in [9.17, 15) is 0 Å². The van der Waals surface area contributed by atoms with Gasteiger partial charge in [-0.05, 0) is 54.8 Å². The molecule has 0 aliphatic rings. The number of unbranched alkanes of at least 4 members (excludes halogenated alkanes) is 1. The summed E-state index contributed by atoms with van der Waals surface area (Å²) in [5.74, 6) is 3.27. The van der Waals surface area contributed by atoms with E-state index < -0.39 is 0 Å². The molecule has 0 saturated carbocycles. The van der Waals surface area contributed by atoms with Gasteiger partial charge in [0.25, 0.3) is 0 Å². The third-order valence-corrected chi connectivity index (χ3v) is 3.72. The van der Waals surface area contributed by atoms with Crippen LogP contribution in [0.2, 0.25) is 0 Å². The van der Waals surface area contributed by atoms with Crippen LogP contribution in [0.5, 0.6) is 23.0 Å². The number of hydrogen-bond acceptors (Lipinski definition) is 2. The monoisotopic (exact) mass is 318 g/mol. The summed E-state index contributed by atoms with van der Waals surface area (Å²) >= 11 is 0. The summed E-state index contributed by atoms with van der Waals surface area (Å²) in [5.41, 5.74) is 1.23. The van der Waals surface area contributed by atoms with Crippen LogP contribution in [-0.2, 0) is 6.42 Å². The molecule has 2 heteroatoms. The van der Waals surface area contributed by atoms with Crippen molar-refractivity contribution in [2.45, 2.75) is 26.2 Å². The van der Waals surface area contributed by atoms with Gasteiger partial charge in [0, 0.05) is 6.07 Å². The zero-order valence-corrected chi connectivity index (χ0v) is 13.9. The fourth-order valence-electron chi connectivity index (χ4n) is 2.52. The third kappa shape index (κ3) is 4.63. The van der Waals surface area contributed by atoms with Crippen molar-refractivity contribution in [3.8, 4) is 23.0 Å². The van der Waals surface area contributed by atoms with Crippen molar-refractivity contribution in [3.63, 3.8) is 0 Å². The Balaban J connectivity index is 1.85. The lowest BCUT2D eigenvalue weighted by Crippen LogP contribution is -1.92. The first kappa shape index (κ1) is 16.1. The van der Waals surface area contributed by atoms with E-state index in [0.29, 0.717) is 0 Å². The highest BCUT2D eigenvalue weighted by Gasteiger charge is 2.06. The van der Waals surface area contributed by atoms with Crippen molar-refractivity contribution in [3.05, 3.63) is 84.4 Å². The summed E-state index contributed by atoms with van der Waals surface area (Å²) in [7, 11) is 0. The average Bonchev–Trinajstić information content (AvgIpc) is 2.61. The standard InChI is InChI=1S/C22H22O2/c1-2-3-10-18-15-21(23-19-11-6-4-7-12-19)17-22(16-18)24-20-13-8-5-9-14-20/h4-9,11-17H,2-3,10H2,1H3. The smallest absolute Gasteiger partial charge is 0.131 e. The Morgan fingerprint density at radius 3 is 1.58 bits per heavy atom. The van der Waals surface area contributed by atoms with Crippen molar-refractivity contribution < 1.29 is 9.47 Å². The van der Waals surface area contributed by atoms with Crippen LogP contribution in [0.25, 0.3) is 0 Å². The van der Waals surface area contributed by atoms with Crippen LogP contribution in [0.4, 0.5) is 0 Å². The van der Waals surface area contributed by atoms with Gasteiger partial charge in [0.2, 0.25) is 0 Å². The molecule has 0 N–H and O–H groups in total. The highest BCUT2D eigenvalue weighted by molar-refractivity contribution is 5.43. The number of aryl methyl sites for hydroxylation is 1. The third-order valence-electron chi connectivity index (χ3n) is 3.72. The maximum Gasteiger partial charge on any atom is 0.131 e. The molecule has 0 radical (unpaired) electrons. The Labute approximate surface area is 143 Å². The van der Waals surface area contributed by atoms with Gasteiger partial charge in [-0.3, -0.25) is 0 Å². The second-order valence-corrected chi connectivity index (χ2v) is 5.75. The van der Waals surface area contributed by atoms with E-state index in [4.69, 9.17) is 9.47 Å². The lowest BCUT2D eigenvalue weighted by atomic mass is 10.1. The minimum atomic E-state index is 0.806. The second kappa shape index (κ2) is 8.21. The number of benzene rings is 3. The SMILES string of the molecule is CCCCc1cc(Oc2ccccc2)cc(Oc2ccccc2)c1. The van der Waals surface area contributed by atoms with Crippen molar-refractivity contribution in [1.29, 1.82) is 0 Å². The van der Waals surface area contributed by atoms with Gasteiger partial charge in [-0.1, -0.05) is 49.7 Å². The van der Waals surface area contributed by atoms with Crippen molar-refractivity contribution in [2.24, 2.45) is 0 Å². The minimum absolute atomic E-state index is 0.806. The molecule has 2 nitrogen and oxygen atoms in total. The highest BCUT2D eigenvalue weighted by atomic mass is 16.5. The zero-order valence-electron chi connectivity index (χ0n) is 13.9. The summed E-state index contributed by atoms with van der Waals surface area (Å²) in [6, 6.07) is 25.8. The molecule has 0 saturated heterocycles. The van der Waals surface area contributed by atoms with Crippen LogP contribution in [0.1, 0.15) is 25.3 Å². The molecule has 0 spiro atoms. The first-order valence-electron chi connectivity index (χ1n) is 8.43. The lowest BCUT2D eigenvalue weighted by molar-refractivity contribution is 0.459. The molecule has 0 amide bonds. The summed E-state index contributed by atoms with van der Waals surface area (Å²) in [4.78, 5) is 0. The quantitative estimate of drug-likeness (QED) is 0.487. The summed E-state index contributed by atoms with van der Waals surface area (Å²) in [6.07, 6.45) is 3.34. The van der Waals surface area contributed by atoms with Gasteiger partial charge in [-0.15, -0.1) is 0 Å². The average molecular weight is 318 g/mol. The van der Waals surface area contributed by atoms with Crippen molar-refractivity contribution in [1.82, 2.24) is 0 Å². The van der Waals surface area contributed by atoms with E-state index in [1.54, 1.807) is 0 Å². The maximum absolute atomic E-state index is 6.00. The van der Waals surface area contributed by atoms with Crippen LogP contribution in [0, 0.1) is 0 Å². The van der Waals surface area contributed by atoms with Crippen molar-refractivity contribution in [2.75, 3.05) is 0 Å². The van der Waals surface area contributed by atoms with Gasteiger partial charge in [0.05, 0.1) is 0 Å². The lowest BCUT2D eigenvalue weighted by Gasteiger charge is -2.12. The molecule has 0 heterocycles. The number of hydrogen-bond donors (Lipinski definition) is 0. The molecule has 122 valence electrons. The Bertz CT molecular complexity index is 692. The molecule has 0 bridgehead atoms. The van der Waals surface area contributed by atoms with E-state index >= 15 is 0 Å². The molecule has 0 aromatic heterocycles. The van der Waals surface area contributed by atoms with Gasteiger partial charge >= 0.3 is 0 Å². The van der Waals surface area contributed by atoms with Crippen LogP contribution in [0.15, 0.2) is 78.9 Å². The molecule has 0 unspecified atom stereocenters. The number of ether oxygens (including phenoxy) is 2. The fraction of sp³-hybridized carbons (Fsp3) is 0.182. The molecule has 3 rings (SSSR count). The van der Waals surface area contributed by atoms with Gasteiger partial charge in [-0.2, -0.15) is 0 Å². The Morgan fingerprint density at radius 1 is 0.625 bits per heavy atom. The molecule has 0 aliphatic heterocycles. The largest absolute Gasteiger partial charge is 0.457 e. The molecular formula is C22H22O2. The molecular weight excluding hydrogens is 296 g/mol. The molecule has 0 atom stereocenters. The Kier molecular flexibility index (Phi) is 5.52. The number of rotatable bonds is 7. The van der Waals surface area contributed by atoms with Gasteiger partial charge < -0.3 is 9.47 Å². The minimum Gasteiger partial charge on any atom is -0.457 e. The second-order valence-electron chi connectivity index (χ2n) is 5.75. The highest BCUT2D eigenvalue weighted by Crippen LogP contribution is 2.30. The van der Waals surface area contributed by atoms with E-state index in [1.807, 2.05) is 66.7 Å². The maximum atomic E-state index is 6.00. The van der Waals surface area contributed by atoms with Crippen LogP contribution >= 0.6 is 0 Å². The van der Waals surface area contributed by atoms with Crippen LogP contribution in [-0.4, -0.2) is 0 Å². The van der Waals surface area contributed by atoms with E-state index in [1.165, 1.54) is 12.0 Å². The molecule has 0 fully saturated rings. The van der Waals surface area contributed by atoms with Crippen molar-refractivity contribution >= 4 is 0 Å². The first-order valence-corrected chi connectivity index (χ1v) is 8.43. The summed E-state index contributed by atoms with van der Waals surface area (Å²) < 4.78 is 12.0. The predicted octanol–water partition coefficient (Wildman–Crippen LogP) is 6.61. The van der Waals surface area contributed by atoms with Gasteiger partial charge in [-0.25, -0.2) is 0 Å². The van der Waals surface area contributed by atoms with E-state index in [2.05, 4.69) is 19.1 Å². The number of para-hydroxylation sites is 2. The van der Waals surface area contributed by atoms with E-state index in [0.717, 1.165) is 35.8 Å². The normalized spacial score (nSPS) is 10.4. The molecule has 24 heavy (non-hydrogen) atoms. The van der Waals surface area contributed by atoms with Crippen LogP contribution in [0.3, 0.4) is 0 Å². The van der Waals surface area contributed by atoms with Gasteiger partial charge in [0.15, 0.2) is 0 Å². The topological polar surface area (TPSA) is 18.5 Å². The summed E-state index contributed by atoms with van der Waals surface area (Å²) in [5, 5.41) is 0. The van der Waals surface area contributed by atoms with E-state index in [-0.39, 0.29) is 0 Å².